The molecule has 4 aromatic rings. The lowest BCUT2D eigenvalue weighted by atomic mass is 10.0. The van der Waals surface area contributed by atoms with Crippen LogP contribution in [-0.2, 0) is 4.74 Å². The molecule has 0 amide bonds. The Balaban J connectivity index is 1.85. The quantitative estimate of drug-likeness (QED) is 0.460. The number of aromatic nitrogens is 5. The normalized spacial score (nSPS) is 18.5. The smallest absolute Gasteiger partial charge is 0.349 e. The molecule has 0 unspecified atom stereocenters. The highest BCUT2D eigenvalue weighted by molar-refractivity contribution is 6.15. The summed E-state index contributed by atoms with van der Waals surface area (Å²) < 4.78 is 13.6. The lowest BCUT2D eigenvalue weighted by molar-refractivity contribution is 0.133. The van der Waals surface area contributed by atoms with E-state index in [1.165, 1.54) is 6.20 Å². The van der Waals surface area contributed by atoms with Gasteiger partial charge in [0, 0.05) is 61.1 Å². The summed E-state index contributed by atoms with van der Waals surface area (Å²) in [6.45, 7) is 2.45. The molecule has 33 heavy (non-hydrogen) atoms. The zero-order valence-corrected chi connectivity index (χ0v) is 18.3. The summed E-state index contributed by atoms with van der Waals surface area (Å²) in [5, 5.41) is 7.57. The largest absolute Gasteiger partial charge is 0.498 e. The maximum Gasteiger partial charge on any atom is 0.349 e. The molecule has 3 N–H and O–H groups in total. The number of aliphatic imine (C=N–C) groups is 1. The summed E-state index contributed by atoms with van der Waals surface area (Å²) >= 11 is 0. The molecule has 10 nitrogen and oxygen atoms in total. The summed E-state index contributed by atoms with van der Waals surface area (Å²) in [7, 11) is 1.63. The minimum absolute atomic E-state index is 0.127. The van der Waals surface area contributed by atoms with E-state index in [9.17, 15) is 4.79 Å². The van der Waals surface area contributed by atoms with Crippen molar-refractivity contribution in [2.45, 2.75) is 25.8 Å². The number of rotatable bonds is 4. The van der Waals surface area contributed by atoms with Crippen LogP contribution in [0.5, 0.6) is 0 Å². The molecular weight excluding hydrogens is 422 g/mol. The third-order valence-electron chi connectivity index (χ3n) is 5.80. The summed E-state index contributed by atoms with van der Waals surface area (Å²) in [5.41, 5.74) is 9.50. The number of H-pyrrole nitrogens is 1. The minimum Gasteiger partial charge on any atom is -0.498 e. The number of nitrogens with one attached hydrogen (secondary N) is 1. The highest BCUT2D eigenvalue weighted by Crippen LogP contribution is 2.36. The Bertz CT molecular complexity index is 1480. The second kappa shape index (κ2) is 8.38. The van der Waals surface area contributed by atoms with Gasteiger partial charge in [-0.15, -0.1) is 0 Å². The Morgan fingerprint density at radius 1 is 1.39 bits per heavy atom. The maximum absolute atomic E-state index is 13.4. The lowest BCUT2D eigenvalue weighted by Crippen LogP contribution is -2.31. The van der Waals surface area contributed by atoms with Crippen LogP contribution in [0.15, 0.2) is 56.9 Å². The molecule has 1 saturated heterocycles. The van der Waals surface area contributed by atoms with Crippen molar-refractivity contribution < 1.29 is 9.15 Å². The van der Waals surface area contributed by atoms with Gasteiger partial charge < -0.3 is 14.9 Å². The first kappa shape index (κ1) is 20.7. The molecule has 4 aromatic heterocycles. The molecule has 0 bridgehead atoms. The Morgan fingerprint density at radius 2 is 2.27 bits per heavy atom. The summed E-state index contributed by atoms with van der Waals surface area (Å²) in [5.74, 6) is 0.851. The first-order chi connectivity index (χ1) is 16.1. The molecule has 10 heteroatoms. The molecular formula is C23H23N7O3. The van der Waals surface area contributed by atoms with Gasteiger partial charge in [0.1, 0.15) is 11.2 Å². The van der Waals surface area contributed by atoms with Gasteiger partial charge in [0.2, 0.25) is 0 Å². The second-order valence-corrected chi connectivity index (χ2v) is 7.70. The van der Waals surface area contributed by atoms with Gasteiger partial charge in [0.25, 0.3) is 0 Å². The fraction of sp³-hybridized carbons (Fsp3) is 0.261. The van der Waals surface area contributed by atoms with E-state index in [0.29, 0.717) is 53.1 Å². The van der Waals surface area contributed by atoms with Crippen LogP contribution >= 0.6 is 0 Å². The van der Waals surface area contributed by atoms with Crippen LogP contribution in [0.2, 0.25) is 0 Å². The zero-order valence-electron chi connectivity index (χ0n) is 18.3. The summed E-state index contributed by atoms with van der Waals surface area (Å²) in [6.07, 6.45) is 11.2. The van der Waals surface area contributed by atoms with Gasteiger partial charge in [-0.2, -0.15) is 10.1 Å². The zero-order chi connectivity index (χ0) is 22.9. The van der Waals surface area contributed by atoms with Crippen molar-refractivity contribution in [1.82, 2.24) is 24.7 Å². The van der Waals surface area contributed by atoms with E-state index in [4.69, 9.17) is 14.9 Å². The SMILES string of the molecule is C/C=C1\C[C@@H](n2c(=O)nc(/C(C=NC)=C/N)c3oc4cnc(-c5cn[nH]c5)cc4c32)CCO1. The van der Waals surface area contributed by atoms with Crippen LogP contribution in [0.1, 0.15) is 31.5 Å². The van der Waals surface area contributed by atoms with Crippen molar-refractivity contribution >= 4 is 33.9 Å². The molecule has 0 aromatic carbocycles. The van der Waals surface area contributed by atoms with Crippen molar-refractivity contribution in [2.75, 3.05) is 13.7 Å². The van der Waals surface area contributed by atoms with Gasteiger partial charge in [-0.3, -0.25) is 19.6 Å². The van der Waals surface area contributed by atoms with Gasteiger partial charge in [0.15, 0.2) is 11.2 Å². The first-order valence-corrected chi connectivity index (χ1v) is 10.6. The van der Waals surface area contributed by atoms with Gasteiger partial charge in [-0.1, -0.05) is 0 Å². The number of furan rings is 1. The third-order valence-corrected chi connectivity index (χ3v) is 5.80. The van der Waals surface area contributed by atoms with E-state index >= 15 is 0 Å². The number of hydrogen-bond acceptors (Lipinski definition) is 8. The van der Waals surface area contributed by atoms with Crippen LogP contribution in [0, 0.1) is 0 Å². The number of ether oxygens (including phenoxy) is 1. The number of hydrogen-bond donors (Lipinski definition) is 2. The molecule has 1 atom stereocenters. The van der Waals surface area contributed by atoms with Crippen LogP contribution in [0.4, 0.5) is 0 Å². The first-order valence-electron chi connectivity index (χ1n) is 10.6. The molecule has 1 fully saturated rings. The van der Waals surface area contributed by atoms with E-state index in [1.54, 1.807) is 36.4 Å². The topological polar surface area (TPSA) is 137 Å². The number of aromatic amines is 1. The van der Waals surface area contributed by atoms with Crippen molar-refractivity contribution in [1.29, 1.82) is 0 Å². The summed E-state index contributed by atoms with van der Waals surface area (Å²) in [6, 6.07) is 1.78. The minimum atomic E-state index is -0.381. The second-order valence-electron chi connectivity index (χ2n) is 7.70. The maximum atomic E-state index is 13.4. The van der Waals surface area contributed by atoms with Crippen LogP contribution in [0.3, 0.4) is 0 Å². The Kier molecular flexibility index (Phi) is 5.25. The molecule has 168 valence electrons. The summed E-state index contributed by atoms with van der Waals surface area (Å²) in [4.78, 5) is 26.4. The standard InChI is InChI=1S/C23H23N7O3/c1-3-16-6-15(4-5-32-16)30-21-17-7-18(14-10-27-28-11-14)26-12-19(17)33-22(21)20(29-23(30)31)13(8-24)9-25-2/h3,7-12,15H,4-6,24H2,1-2H3,(H,27,28)/b13-8+,16-3+,25-9?/t15-/m0/s1. The Hall–Kier alpha value is -4.21. The third kappa shape index (κ3) is 3.49. The van der Waals surface area contributed by atoms with E-state index in [1.807, 2.05) is 19.1 Å². The molecule has 1 aliphatic heterocycles. The van der Waals surface area contributed by atoms with Crippen LogP contribution < -0.4 is 11.4 Å². The molecule has 0 radical (unpaired) electrons. The Morgan fingerprint density at radius 3 is 3.00 bits per heavy atom. The van der Waals surface area contributed by atoms with Gasteiger partial charge in [-0.05, 0) is 19.1 Å². The molecule has 0 saturated carbocycles. The van der Waals surface area contributed by atoms with Crippen molar-refractivity contribution in [3.05, 3.63) is 58.9 Å². The fourth-order valence-corrected chi connectivity index (χ4v) is 4.23. The van der Waals surface area contributed by atoms with E-state index in [-0.39, 0.29) is 11.7 Å². The monoisotopic (exact) mass is 445 g/mol. The Labute approximate surface area is 188 Å². The highest BCUT2D eigenvalue weighted by Gasteiger charge is 2.27. The van der Waals surface area contributed by atoms with Gasteiger partial charge in [0.05, 0.1) is 30.5 Å². The van der Waals surface area contributed by atoms with Crippen molar-refractivity contribution in [2.24, 2.45) is 10.7 Å². The molecule has 5 rings (SSSR count). The lowest BCUT2D eigenvalue weighted by Gasteiger charge is -2.27. The molecule has 0 spiro atoms. The number of allylic oxidation sites excluding steroid dienone is 3. The van der Waals surface area contributed by atoms with E-state index in [2.05, 4.69) is 25.2 Å². The number of nitrogens with two attached hydrogens (primary N) is 1. The fourth-order valence-electron chi connectivity index (χ4n) is 4.23. The average Bonchev–Trinajstić information content (AvgIpc) is 3.50. The predicted octanol–water partition coefficient (Wildman–Crippen LogP) is 3.18. The van der Waals surface area contributed by atoms with Gasteiger partial charge >= 0.3 is 5.69 Å². The van der Waals surface area contributed by atoms with E-state index < -0.39 is 0 Å². The predicted molar refractivity (Wildman–Crippen MR) is 126 cm³/mol. The number of nitrogens with zero attached hydrogens (tertiary/aromatic N) is 5. The van der Waals surface area contributed by atoms with Crippen molar-refractivity contribution in [3.8, 4) is 11.3 Å². The van der Waals surface area contributed by atoms with E-state index in [0.717, 1.165) is 16.7 Å². The van der Waals surface area contributed by atoms with Gasteiger partial charge in [-0.25, -0.2) is 4.79 Å². The number of fused-ring (bicyclic) bond motifs is 3. The van der Waals surface area contributed by atoms with Crippen LogP contribution in [-0.4, -0.2) is 44.6 Å². The molecule has 0 aliphatic carbocycles. The number of pyridine rings is 1. The molecule has 1 aliphatic rings. The van der Waals surface area contributed by atoms with Crippen molar-refractivity contribution in [3.63, 3.8) is 0 Å². The van der Waals surface area contributed by atoms with Crippen LogP contribution in [0.25, 0.3) is 38.9 Å². The molecule has 5 heterocycles. The average molecular weight is 445 g/mol. The highest BCUT2D eigenvalue weighted by atomic mass is 16.5.